The van der Waals surface area contributed by atoms with E-state index >= 15 is 0 Å². The van der Waals surface area contributed by atoms with Crippen molar-refractivity contribution in [3.63, 3.8) is 0 Å². The minimum absolute atomic E-state index is 0.0678. The van der Waals surface area contributed by atoms with Gasteiger partial charge in [0, 0.05) is 13.0 Å². The number of nitrogens with zero attached hydrogens (tertiary/aromatic N) is 3. The number of terminal acetylenes is 1. The summed E-state index contributed by atoms with van der Waals surface area (Å²) < 4.78 is 1.07. The number of aromatic nitrogens is 3. The van der Waals surface area contributed by atoms with Crippen molar-refractivity contribution in [3.8, 4) is 12.3 Å². The van der Waals surface area contributed by atoms with Gasteiger partial charge in [0.15, 0.2) is 5.69 Å². The molecular formula is C9H10N4O3. The standard InChI is InChI=1S/C9H10N4O3/c1-2-3-4-10-9(16)7-5-13(12-11-7)6-8(14)15/h1,5H,3-4,6H2,(H,10,16)(H,14,15). The maximum absolute atomic E-state index is 11.4. The highest BCUT2D eigenvalue weighted by molar-refractivity contribution is 5.91. The molecule has 1 aromatic rings. The van der Waals surface area contributed by atoms with Crippen LogP contribution in [0.2, 0.25) is 0 Å². The summed E-state index contributed by atoms with van der Waals surface area (Å²) in [5, 5.41) is 18.0. The lowest BCUT2D eigenvalue weighted by molar-refractivity contribution is -0.137. The van der Waals surface area contributed by atoms with Crippen LogP contribution in [0.5, 0.6) is 0 Å². The summed E-state index contributed by atoms with van der Waals surface area (Å²) in [5.74, 6) is 0.896. The second kappa shape index (κ2) is 5.50. The van der Waals surface area contributed by atoms with Crippen molar-refractivity contribution in [2.75, 3.05) is 6.54 Å². The van der Waals surface area contributed by atoms with Gasteiger partial charge in [-0.2, -0.15) is 0 Å². The minimum Gasteiger partial charge on any atom is -0.480 e. The van der Waals surface area contributed by atoms with Crippen LogP contribution in [0, 0.1) is 12.3 Å². The van der Waals surface area contributed by atoms with Crippen molar-refractivity contribution in [1.29, 1.82) is 0 Å². The van der Waals surface area contributed by atoms with E-state index in [4.69, 9.17) is 11.5 Å². The Bertz CT molecular complexity index is 432. The molecule has 0 aromatic carbocycles. The van der Waals surface area contributed by atoms with Crippen LogP contribution in [-0.2, 0) is 11.3 Å². The van der Waals surface area contributed by atoms with Crippen LogP contribution in [0.25, 0.3) is 0 Å². The van der Waals surface area contributed by atoms with Crippen LogP contribution in [0.1, 0.15) is 16.9 Å². The molecule has 1 amide bonds. The Hall–Kier alpha value is -2.36. The number of carboxylic acid groups (broad SMARTS) is 1. The van der Waals surface area contributed by atoms with Crippen LogP contribution in [0.4, 0.5) is 0 Å². The molecule has 0 saturated carbocycles. The van der Waals surface area contributed by atoms with Crippen LogP contribution in [0.3, 0.4) is 0 Å². The molecule has 84 valence electrons. The highest BCUT2D eigenvalue weighted by Crippen LogP contribution is 1.93. The Labute approximate surface area is 91.4 Å². The second-order valence-corrected chi connectivity index (χ2v) is 2.91. The molecule has 1 rings (SSSR count). The third kappa shape index (κ3) is 3.42. The summed E-state index contributed by atoms with van der Waals surface area (Å²) in [5.41, 5.74) is 0.0678. The number of carbonyl (C=O) groups is 2. The molecule has 0 aliphatic rings. The topological polar surface area (TPSA) is 97.1 Å². The maximum atomic E-state index is 11.4. The molecule has 0 radical (unpaired) electrons. The summed E-state index contributed by atoms with van der Waals surface area (Å²) in [6.07, 6.45) is 6.70. The fourth-order valence-electron chi connectivity index (χ4n) is 0.957. The van der Waals surface area contributed by atoms with Gasteiger partial charge in [0.25, 0.3) is 5.91 Å². The highest BCUT2D eigenvalue weighted by Gasteiger charge is 2.10. The number of aliphatic carboxylic acids is 1. The van der Waals surface area contributed by atoms with Gasteiger partial charge in [0.2, 0.25) is 0 Å². The SMILES string of the molecule is C#CCCNC(=O)c1cn(CC(=O)O)nn1. The number of carboxylic acids is 1. The molecule has 16 heavy (non-hydrogen) atoms. The smallest absolute Gasteiger partial charge is 0.325 e. The van der Waals surface area contributed by atoms with Gasteiger partial charge in [0.1, 0.15) is 6.54 Å². The van der Waals surface area contributed by atoms with Crippen LogP contribution >= 0.6 is 0 Å². The average Bonchev–Trinajstić information content (AvgIpc) is 2.65. The van der Waals surface area contributed by atoms with Crippen molar-refractivity contribution in [2.45, 2.75) is 13.0 Å². The van der Waals surface area contributed by atoms with Gasteiger partial charge in [-0.1, -0.05) is 5.21 Å². The molecule has 0 unspecified atom stereocenters. The first-order chi connectivity index (χ1) is 7.63. The average molecular weight is 222 g/mol. The molecule has 0 aliphatic heterocycles. The first-order valence-corrected chi connectivity index (χ1v) is 4.47. The summed E-state index contributed by atoms with van der Waals surface area (Å²) in [6.45, 7) is 0.0196. The van der Waals surface area contributed by atoms with Crippen molar-refractivity contribution in [3.05, 3.63) is 11.9 Å². The van der Waals surface area contributed by atoms with Crippen molar-refractivity contribution >= 4 is 11.9 Å². The molecular weight excluding hydrogens is 212 g/mol. The minimum atomic E-state index is -1.05. The van der Waals surface area contributed by atoms with Gasteiger partial charge < -0.3 is 10.4 Å². The van der Waals surface area contributed by atoms with E-state index in [1.807, 2.05) is 0 Å². The lowest BCUT2D eigenvalue weighted by Crippen LogP contribution is -2.24. The van der Waals surface area contributed by atoms with E-state index in [-0.39, 0.29) is 12.2 Å². The number of amides is 1. The molecule has 1 aromatic heterocycles. The van der Waals surface area contributed by atoms with Gasteiger partial charge in [-0.05, 0) is 0 Å². The fraction of sp³-hybridized carbons (Fsp3) is 0.333. The molecule has 0 atom stereocenters. The third-order valence-corrected chi connectivity index (χ3v) is 1.62. The largest absolute Gasteiger partial charge is 0.480 e. The molecule has 0 bridgehead atoms. The predicted octanol–water partition coefficient (Wildman–Crippen LogP) is -0.884. The first kappa shape index (κ1) is 11.7. The van der Waals surface area contributed by atoms with Crippen LogP contribution in [-0.4, -0.2) is 38.5 Å². The Balaban J connectivity index is 2.53. The number of carbonyl (C=O) groups excluding carboxylic acids is 1. The molecule has 7 heteroatoms. The quantitative estimate of drug-likeness (QED) is 0.498. The summed E-state index contributed by atoms with van der Waals surface area (Å²) in [4.78, 5) is 21.7. The van der Waals surface area contributed by atoms with Crippen molar-refractivity contribution in [2.24, 2.45) is 0 Å². The lowest BCUT2D eigenvalue weighted by Gasteiger charge is -1.97. The number of hydrogen-bond donors (Lipinski definition) is 2. The number of nitrogens with one attached hydrogen (secondary N) is 1. The molecule has 7 nitrogen and oxygen atoms in total. The summed E-state index contributed by atoms with van der Waals surface area (Å²) in [7, 11) is 0. The van der Waals surface area contributed by atoms with E-state index in [9.17, 15) is 9.59 Å². The molecule has 0 saturated heterocycles. The molecule has 2 N–H and O–H groups in total. The molecule has 0 fully saturated rings. The summed E-state index contributed by atoms with van der Waals surface area (Å²) >= 11 is 0. The van der Waals surface area contributed by atoms with Gasteiger partial charge in [-0.3, -0.25) is 9.59 Å². The second-order valence-electron chi connectivity index (χ2n) is 2.91. The maximum Gasteiger partial charge on any atom is 0.325 e. The molecule has 0 aliphatic carbocycles. The van der Waals surface area contributed by atoms with Crippen LogP contribution < -0.4 is 5.32 Å². The monoisotopic (exact) mass is 222 g/mol. The van der Waals surface area contributed by atoms with E-state index in [2.05, 4.69) is 21.5 Å². The Kier molecular flexibility index (Phi) is 4.03. The van der Waals surface area contributed by atoms with Gasteiger partial charge >= 0.3 is 5.97 Å². The normalized spacial score (nSPS) is 9.44. The van der Waals surface area contributed by atoms with E-state index in [1.54, 1.807) is 0 Å². The Morgan fingerprint density at radius 2 is 2.38 bits per heavy atom. The zero-order valence-electron chi connectivity index (χ0n) is 8.38. The van der Waals surface area contributed by atoms with Gasteiger partial charge in [0.05, 0.1) is 6.20 Å². The van der Waals surface area contributed by atoms with Crippen LogP contribution in [0.15, 0.2) is 6.20 Å². The third-order valence-electron chi connectivity index (χ3n) is 1.62. The zero-order chi connectivity index (χ0) is 12.0. The number of hydrogen-bond acceptors (Lipinski definition) is 4. The lowest BCUT2D eigenvalue weighted by atomic mass is 10.4. The van der Waals surface area contributed by atoms with E-state index in [1.165, 1.54) is 6.20 Å². The summed E-state index contributed by atoms with van der Waals surface area (Å²) in [6, 6.07) is 0. The van der Waals surface area contributed by atoms with Crippen molar-refractivity contribution in [1.82, 2.24) is 20.3 Å². The molecule has 0 spiro atoms. The van der Waals surface area contributed by atoms with Gasteiger partial charge in [-0.15, -0.1) is 17.4 Å². The predicted molar refractivity (Wildman–Crippen MR) is 53.4 cm³/mol. The zero-order valence-corrected chi connectivity index (χ0v) is 8.38. The van der Waals surface area contributed by atoms with Gasteiger partial charge in [-0.25, -0.2) is 4.68 Å². The first-order valence-electron chi connectivity index (χ1n) is 4.47. The fourth-order valence-corrected chi connectivity index (χ4v) is 0.957. The highest BCUT2D eigenvalue weighted by atomic mass is 16.4. The van der Waals surface area contributed by atoms with E-state index in [0.717, 1.165) is 4.68 Å². The van der Waals surface area contributed by atoms with Crippen molar-refractivity contribution < 1.29 is 14.7 Å². The van der Waals surface area contributed by atoms with E-state index in [0.29, 0.717) is 13.0 Å². The molecule has 1 heterocycles. The van der Waals surface area contributed by atoms with E-state index < -0.39 is 11.9 Å². The Morgan fingerprint density at radius 3 is 3.00 bits per heavy atom. The number of rotatable bonds is 5. The Morgan fingerprint density at radius 1 is 1.62 bits per heavy atom.